The van der Waals surface area contributed by atoms with Gasteiger partial charge in [-0.1, -0.05) is 30.3 Å². The molecule has 1 N–H and O–H groups in total. The Morgan fingerprint density at radius 3 is 2.24 bits per heavy atom. The summed E-state index contributed by atoms with van der Waals surface area (Å²) in [5.74, 6) is 0. The van der Waals surface area contributed by atoms with Crippen molar-refractivity contribution in [2.75, 3.05) is 16.1 Å². The van der Waals surface area contributed by atoms with Crippen LogP contribution in [0.2, 0.25) is 0 Å². The zero-order valence-electron chi connectivity index (χ0n) is 17.5. The molecule has 0 aliphatic carbocycles. The molecule has 2 heterocycles. The molecule has 2 aromatic carbocycles. The van der Waals surface area contributed by atoms with Gasteiger partial charge in [-0.25, -0.2) is 13.4 Å². The number of nitrogens with one attached hydrogen (secondary N) is 1. The van der Waals surface area contributed by atoms with E-state index in [4.69, 9.17) is 0 Å². The van der Waals surface area contributed by atoms with Crippen LogP contribution >= 0.6 is 0 Å². The minimum atomic E-state index is -3.83. The summed E-state index contributed by atoms with van der Waals surface area (Å²) in [5.41, 5.74) is 2.25. The molecule has 0 spiro atoms. The quantitative estimate of drug-likeness (QED) is 0.431. The molecule has 168 valence electrons. The van der Waals surface area contributed by atoms with Crippen LogP contribution in [0.1, 0.15) is 0 Å². The number of aromatic nitrogens is 2. The first-order chi connectivity index (χ1) is 15.8. The van der Waals surface area contributed by atoms with Gasteiger partial charge in [-0.3, -0.25) is 14.0 Å². The molecule has 0 saturated heterocycles. The summed E-state index contributed by atoms with van der Waals surface area (Å²) in [7, 11) is -6.16. The fourth-order valence-corrected chi connectivity index (χ4v) is 5.27. The summed E-state index contributed by atoms with van der Waals surface area (Å²) < 4.78 is 54.7. The highest BCUT2D eigenvalue weighted by Gasteiger charge is 2.22. The molecule has 10 heteroatoms. The van der Waals surface area contributed by atoms with E-state index in [1.165, 1.54) is 37.8 Å². The van der Waals surface area contributed by atoms with Gasteiger partial charge in [-0.2, -0.15) is 8.42 Å². The van der Waals surface area contributed by atoms with Crippen molar-refractivity contribution in [2.45, 2.75) is 9.92 Å². The van der Waals surface area contributed by atoms with Crippen LogP contribution in [0.5, 0.6) is 0 Å². The SMILES string of the molecule is CN(c1cccc(-c2cccc(NS(=O)(=O)c3cccnc3)c2)c1)S(=O)(=O)c1ccccn1. The van der Waals surface area contributed by atoms with Crippen LogP contribution in [0, 0.1) is 0 Å². The van der Waals surface area contributed by atoms with Gasteiger partial charge in [-0.15, -0.1) is 0 Å². The van der Waals surface area contributed by atoms with Crippen LogP contribution in [0.4, 0.5) is 11.4 Å². The Morgan fingerprint density at radius 2 is 1.55 bits per heavy atom. The summed E-state index contributed by atoms with van der Waals surface area (Å²) in [6.07, 6.45) is 4.19. The van der Waals surface area contributed by atoms with Crippen LogP contribution in [0.25, 0.3) is 11.1 Å². The Bertz CT molecular complexity index is 1480. The summed E-state index contributed by atoms with van der Waals surface area (Å²) in [6.45, 7) is 0. The second-order valence-corrected chi connectivity index (χ2v) is 10.7. The molecule has 4 aromatic rings. The minimum Gasteiger partial charge on any atom is -0.280 e. The Labute approximate surface area is 192 Å². The molecular weight excluding hydrogens is 460 g/mol. The van der Waals surface area contributed by atoms with E-state index < -0.39 is 20.0 Å². The van der Waals surface area contributed by atoms with Gasteiger partial charge in [-0.05, 0) is 59.7 Å². The summed E-state index contributed by atoms with van der Waals surface area (Å²) >= 11 is 0. The Hall–Kier alpha value is -3.76. The number of hydrogen-bond donors (Lipinski definition) is 1. The fraction of sp³-hybridized carbons (Fsp3) is 0.0435. The van der Waals surface area contributed by atoms with Crippen molar-refractivity contribution in [3.63, 3.8) is 0 Å². The zero-order valence-corrected chi connectivity index (χ0v) is 19.2. The lowest BCUT2D eigenvalue weighted by Gasteiger charge is -2.19. The molecule has 0 aliphatic heterocycles. The van der Waals surface area contributed by atoms with E-state index in [9.17, 15) is 16.8 Å². The minimum absolute atomic E-state index is 0.0512. The molecule has 0 fully saturated rings. The molecule has 2 aromatic heterocycles. The predicted molar refractivity (Wildman–Crippen MR) is 127 cm³/mol. The largest absolute Gasteiger partial charge is 0.281 e. The van der Waals surface area contributed by atoms with Crippen molar-refractivity contribution < 1.29 is 16.8 Å². The first kappa shape index (κ1) is 22.4. The van der Waals surface area contributed by atoms with E-state index >= 15 is 0 Å². The van der Waals surface area contributed by atoms with E-state index in [-0.39, 0.29) is 9.92 Å². The monoisotopic (exact) mass is 480 g/mol. The number of benzene rings is 2. The van der Waals surface area contributed by atoms with Crippen LogP contribution < -0.4 is 9.03 Å². The maximum Gasteiger partial charge on any atom is 0.281 e. The molecule has 4 rings (SSSR count). The van der Waals surface area contributed by atoms with Gasteiger partial charge in [0.1, 0.15) is 4.90 Å². The van der Waals surface area contributed by atoms with Crippen LogP contribution in [0.15, 0.2) is 107 Å². The third-order valence-corrected chi connectivity index (χ3v) is 7.93. The highest BCUT2D eigenvalue weighted by molar-refractivity contribution is 7.93. The number of sulfonamides is 2. The Balaban J connectivity index is 1.63. The van der Waals surface area contributed by atoms with Gasteiger partial charge < -0.3 is 0 Å². The first-order valence-electron chi connectivity index (χ1n) is 9.81. The maximum atomic E-state index is 12.9. The van der Waals surface area contributed by atoms with E-state index in [1.807, 2.05) is 12.1 Å². The summed E-state index contributed by atoms with van der Waals surface area (Å²) in [5, 5.41) is -0.0512. The average Bonchev–Trinajstić information content (AvgIpc) is 2.84. The Morgan fingerprint density at radius 1 is 0.788 bits per heavy atom. The van der Waals surface area contributed by atoms with Crippen molar-refractivity contribution >= 4 is 31.4 Å². The standard InChI is InChI=1S/C23H20N4O4S2/c1-27(33(30,31)23-12-2-3-14-25-23)21-10-5-8-19(16-21)18-7-4-9-20(15-18)26-32(28,29)22-11-6-13-24-17-22/h2-17,26H,1H3. The molecule has 0 saturated carbocycles. The number of rotatable bonds is 7. The second-order valence-electron chi connectivity index (χ2n) is 7.07. The zero-order chi connectivity index (χ0) is 23.5. The molecule has 0 unspecified atom stereocenters. The van der Waals surface area contributed by atoms with Crippen molar-refractivity contribution in [1.29, 1.82) is 0 Å². The molecule has 0 amide bonds. The normalized spacial score (nSPS) is 11.7. The van der Waals surface area contributed by atoms with Gasteiger partial charge in [0.15, 0.2) is 5.03 Å². The lowest BCUT2D eigenvalue weighted by atomic mass is 10.0. The molecular formula is C23H20N4O4S2. The molecule has 8 nitrogen and oxygen atoms in total. The van der Waals surface area contributed by atoms with E-state index in [0.717, 1.165) is 9.87 Å². The van der Waals surface area contributed by atoms with Crippen molar-refractivity contribution in [3.05, 3.63) is 97.5 Å². The number of nitrogens with zero attached hydrogens (tertiary/aromatic N) is 3. The third-order valence-electron chi connectivity index (χ3n) is 4.87. The number of anilines is 2. The first-order valence-corrected chi connectivity index (χ1v) is 12.7. The van der Waals surface area contributed by atoms with Gasteiger partial charge in [0.25, 0.3) is 20.0 Å². The Kier molecular flexibility index (Phi) is 6.12. The fourth-order valence-electron chi connectivity index (χ4n) is 3.14. The van der Waals surface area contributed by atoms with Gasteiger partial charge >= 0.3 is 0 Å². The van der Waals surface area contributed by atoms with E-state index in [2.05, 4.69) is 14.7 Å². The third kappa shape index (κ3) is 4.86. The molecule has 33 heavy (non-hydrogen) atoms. The average molecular weight is 481 g/mol. The molecule has 0 bridgehead atoms. The van der Waals surface area contributed by atoms with Gasteiger partial charge in [0.2, 0.25) is 0 Å². The smallest absolute Gasteiger partial charge is 0.280 e. The van der Waals surface area contributed by atoms with E-state index in [1.54, 1.807) is 54.6 Å². The van der Waals surface area contributed by atoms with Crippen LogP contribution in [-0.4, -0.2) is 33.9 Å². The van der Waals surface area contributed by atoms with Crippen molar-refractivity contribution in [3.8, 4) is 11.1 Å². The lowest BCUT2D eigenvalue weighted by molar-refractivity contribution is 0.590. The maximum absolute atomic E-state index is 12.9. The summed E-state index contributed by atoms with van der Waals surface area (Å²) in [6, 6.07) is 21.5. The van der Waals surface area contributed by atoms with Crippen molar-refractivity contribution in [1.82, 2.24) is 9.97 Å². The number of hydrogen-bond acceptors (Lipinski definition) is 6. The number of pyridine rings is 2. The summed E-state index contributed by atoms with van der Waals surface area (Å²) in [4.78, 5) is 7.85. The molecule has 0 atom stereocenters. The lowest BCUT2D eigenvalue weighted by Crippen LogP contribution is -2.27. The van der Waals surface area contributed by atoms with Crippen LogP contribution in [-0.2, 0) is 20.0 Å². The van der Waals surface area contributed by atoms with E-state index in [0.29, 0.717) is 16.9 Å². The second kappa shape index (κ2) is 9.00. The highest BCUT2D eigenvalue weighted by Crippen LogP contribution is 2.29. The predicted octanol–water partition coefficient (Wildman–Crippen LogP) is 3.77. The van der Waals surface area contributed by atoms with Gasteiger partial charge in [0.05, 0.1) is 5.69 Å². The van der Waals surface area contributed by atoms with Crippen LogP contribution in [0.3, 0.4) is 0 Å². The topological polar surface area (TPSA) is 109 Å². The highest BCUT2D eigenvalue weighted by atomic mass is 32.2. The molecule has 0 radical (unpaired) electrons. The molecule has 0 aliphatic rings. The van der Waals surface area contributed by atoms with Gasteiger partial charge in [0, 0.05) is 31.3 Å². The van der Waals surface area contributed by atoms with Crippen molar-refractivity contribution in [2.24, 2.45) is 0 Å².